The van der Waals surface area contributed by atoms with E-state index in [0.29, 0.717) is 11.3 Å². The third-order valence-electron chi connectivity index (χ3n) is 1.81. The molecule has 0 radical (unpaired) electrons. The van der Waals surface area contributed by atoms with Crippen molar-refractivity contribution in [3.8, 4) is 0 Å². The molecule has 0 saturated heterocycles. The zero-order valence-electron chi connectivity index (χ0n) is 8.95. The van der Waals surface area contributed by atoms with E-state index in [0.717, 1.165) is 0 Å². The number of anilines is 1. The normalized spacial score (nSPS) is 11.4. The summed E-state index contributed by atoms with van der Waals surface area (Å²) in [4.78, 5) is 14.3. The molecule has 0 aliphatic heterocycles. The Morgan fingerprint density at radius 3 is 2.72 bits per heavy atom. The largest absolute Gasteiger partial charge is 0.477 e. The van der Waals surface area contributed by atoms with Crippen molar-refractivity contribution in [3.63, 3.8) is 0 Å². The Morgan fingerprint density at radius 1 is 1.50 bits per heavy atom. The van der Waals surface area contributed by atoms with Gasteiger partial charge in [-0.1, -0.05) is 5.16 Å². The summed E-state index contributed by atoms with van der Waals surface area (Å²) < 4.78 is 30.2. The van der Waals surface area contributed by atoms with E-state index < -0.39 is 16.0 Å². The number of thiophene rings is 1. The zero-order valence-corrected chi connectivity index (χ0v) is 10.6. The monoisotopic (exact) mass is 289 g/mol. The summed E-state index contributed by atoms with van der Waals surface area (Å²) in [6, 6.07) is 2.14. The van der Waals surface area contributed by atoms with Crippen LogP contribution in [0.2, 0.25) is 0 Å². The fourth-order valence-electron chi connectivity index (χ4n) is 1.08. The number of carboxylic acid groups (broad SMARTS) is 1. The third-order valence-corrected chi connectivity index (χ3v) is 4.69. The lowest BCUT2D eigenvalue weighted by molar-refractivity contribution is 0.0702. The van der Waals surface area contributed by atoms with Gasteiger partial charge >= 0.3 is 12.0 Å². The Kier molecular flexibility index (Phi) is 3.05. The minimum atomic E-state index is -3.90. The van der Waals surface area contributed by atoms with Crippen molar-refractivity contribution >= 4 is 33.3 Å². The summed E-state index contributed by atoms with van der Waals surface area (Å²) >= 11 is 0.634. The highest BCUT2D eigenvalue weighted by Gasteiger charge is 2.21. The van der Waals surface area contributed by atoms with Gasteiger partial charge in [0.2, 0.25) is 0 Å². The first kappa shape index (κ1) is 12.5. The molecule has 2 heterocycles. The zero-order chi connectivity index (χ0) is 13.3. The first-order valence-electron chi connectivity index (χ1n) is 4.55. The molecule has 18 heavy (non-hydrogen) atoms. The number of aryl methyl sites for hydroxylation is 1. The standard InChI is InChI=1S/C8H7N3O5S2/c1-4-9-8(16-10-4)11-18(14,15)6-3-2-5(17-6)7(12)13/h2-3H,1H3,(H,12,13)(H,9,10,11). The van der Waals surface area contributed by atoms with Crippen LogP contribution in [0.5, 0.6) is 0 Å². The Bertz CT molecular complexity index is 687. The van der Waals surface area contributed by atoms with Crippen LogP contribution in [0.15, 0.2) is 20.9 Å². The van der Waals surface area contributed by atoms with Gasteiger partial charge in [0.15, 0.2) is 5.82 Å². The molecule has 0 unspecified atom stereocenters. The quantitative estimate of drug-likeness (QED) is 0.858. The van der Waals surface area contributed by atoms with E-state index in [1.807, 2.05) is 0 Å². The number of aromatic carboxylic acids is 1. The highest BCUT2D eigenvalue weighted by molar-refractivity contribution is 7.94. The van der Waals surface area contributed by atoms with E-state index in [2.05, 4.69) is 19.4 Å². The van der Waals surface area contributed by atoms with E-state index in [1.54, 1.807) is 0 Å². The predicted octanol–water partition coefficient (Wildman–Crippen LogP) is 0.939. The lowest BCUT2D eigenvalue weighted by atomic mass is 10.5. The van der Waals surface area contributed by atoms with Gasteiger partial charge in [-0.2, -0.15) is 4.98 Å². The summed E-state index contributed by atoms with van der Waals surface area (Å²) in [6.07, 6.45) is 0. The second-order valence-electron chi connectivity index (χ2n) is 3.18. The van der Waals surface area contributed by atoms with Gasteiger partial charge in [-0.3, -0.25) is 0 Å². The maximum Gasteiger partial charge on any atom is 0.345 e. The summed E-state index contributed by atoms with van der Waals surface area (Å²) in [5, 5.41) is 12.1. The molecule has 2 rings (SSSR count). The van der Waals surface area contributed by atoms with Gasteiger partial charge in [0, 0.05) is 0 Å². The van der Waals surface area contributed by atoms with E-state index in [-0.39, 0.29) is 20.9 Å². The topological polar surface area (TPSA) is 122 Å². The van der Waals surface area contributed by atoms with Gasteiger partial charge in [-0.25, -0.2) is 17.9 Å². The number of hydrogen-bond donors (Lipinski definition) is 2. The second-order valence-corrected chi connectivity index (χ2v) is 6.17. The van der Waals surface area contributed by atoms with E-state index >= 15 is 0 Å². The predicted molar refractivity (Wildman–Crippen MR) is 61.1 cm³/mol. The second kappa shape index (κ2) is 4.38. The van der Waals surface area contributed by atoms with Crippen LogP contribution in [0, 0.1) is 6.92 Å². The number of aromatic nitrogens is 2. The van der Waals surface area contributed by atoms with Gasteiger partial charge in [0.05, 0.1) is 0 Å². The van der Waals surface area contributed by atoms with Crippen molar-refractivity contribution < 1.29 is 22.8 Å². The number of nitrogens with zero attached hydrogens (tertiary/aromatic N) is 2. The van der Waals surface area contributed by atoms with Crippen molar-refractivity contribution in [2.45, 2.75) is 11.1 Å². The van der Waals surface area contributed by atoms with Crippen LogP contribution in [-0.2, 0) is 10.0 Å². The average molecular weight is 289 g/mol. The Morgan fingerprint density at radius 2 is 2.22 bits per heavy atom. The molecule has 0 amide bonds. The molecule has 0 spiro atoms. The molecule has 10 heteroatoms. The molecular formula is C8H7N3O5S2. The average Bonchev–Trinajstić information content (AvgIpc) is 2.86. The number of sulfonamides is 1. The molecular weight excluding hydrogens is 282 g/mol. The molecule has 2 aromatic heterocycles. The first-order valence-corrected chi connectivity index (χ1v) is 6.85. The molecule has 0 aliphatic rings. The van der Waals surface area contributed by atoms with Gasteiger partial charge in [-0.15, -0.1) is 11.3 Å². The van der Waals surface area contributed by atoms with Crippen molar-refractivity contribution in [3.05, 3.63) is 22.8 Å². The lowest BCUT2D eigenvalue weighted by Gasteiger charge is -1.99. The van der Waals surface area contributed by atoms with Gasteiger partial charge in [0.25, 0.3) is 10.0 Å². The minimum absolute atomic E-state index is 0.0721. The van der Waals surface area contributed by atoms with Crippen molar-refractivity contribution in [2.24, 2.45) is 0 Å². The summed E-state index contributed by atoms with van der Waals surface area (Å²) in [5.41, 5.74) is 0. The Hall–Kier alpha value is -1.94. The number of nitrogens with one attached hydrogen (secondary N) is 1. The number of hydrogen-bond acceptors (Lipinski definition) is 7. The fourth-order valence-corrected chi connectivity index (χ4v) is 3.15. The number of carboxylic acids is 1. The molecule has 2 aromatic rings. The summed E-state index contributed by atoms with van der Waals surface area (Å²) in [7, 11) is -3.90. The van der Waals surface area contributed by atoms with Crippen molar-refractivity contribution in [2.75, 3.05) is 4.72 Å². The van der Waals surface area contributed by atoms with Gasteiger partial charge in [-0.05, 0) is 19.1 Å². The third kappa shape index (κ3) is 2.49. The first-order chi connectivity index (χ1) is 8.38. The number of rotatable bonds is 4. The molecule has 2 N–H and O–H groups in total. The van der Waals surface area contributed by atoms with Crippen LogP contribution in [0.25, 0.3) is 0 Å². The molecule has 0 aromatic carbocycles. The van der Waals surface area contributed by atoms with Crippen LogP contribution >= 0.6 is 11.3 Å². The maximum absolute atomic E-state index is 11.8. The molecule has 96 valence electrons. The molecule has 0 saturated carbocycles. The summed E-state index contributed by atoms with van der Waals surface area (Å²) in [5.74, 6) is -0.903. The highest BCUT2D eigenvalue weighted by Crippen LogP contribution is 2.23. The summed E-state index contributed by atoms with van der Waals surface area (Å²) in [6.45, 7) is 1.54. The van der Waals surface area contributed by atoms with Crippen LogP contribution in [0.3, 0.4) is 0 Å². The molecule has 0 fully saturated rings. The minimum Gasteiger partial charge on any atom is -0.477 e. The van der Waals surface area contributed by atoms with Crippen molar-refractivity contribution in [1.82, 2.24) is 10.1 Å². The fraction of sp³-hybridized carbons (Fsp3) is 0.125. The van der Waals surface area contributed by atoms with Crippen LogP contribution in [0.1, 0.15) is 15.5 Å². The maximum atomic E-state index is 11.8. The number of carbonyl (C=O) groups is 1. The highest BCUT2D eigenvalue weighted by atomic mass is 32.2. The van der Waals surface area contributed by atoms with Crippen molar-refractivity contribution in [1.29, 1.82) is 0 Å². The smallest absolute Gasteiger partial charge is 0.345 e. The Balaban J connectivity index is 2.27. The molecule has 0 bridgehead atoms. The van der Waals surface area contributed by atoms with Crippen LogP contribution in [-0.4, -0.2) is 29.6 Å². The lowest BCUT2D eigenvalue weighted by Crippen LogP contribution is -2.11. The van der Waals surface area contributed by atoms with E-state index in [4.69, 9.17) is 5.11 Å². The van der Waals surface area contributed by atoms with E-state index in [9.17, 15) is 13.2 Å². The molecule has 0 atom stereocenters. The van der Waals surface area contributed by atoms with Gasteiger partial charge in [0.1, 0.15) is 9.09 Å². The van der Waals surface area contributed by atoms with Crippen LogP contribution in [0.4, 0.5) is 6.01 Å². The SMILES string of the molecule is Cc1noc(NS(=O)(=O)c2ccc(C(=O)O)s2)n1. The Labute approximate surface area is 105 Å². The van der Waals surface area contributed by atoms with Gasteiger partial charge < -0.3 is 9.63 Å². The van der Waals surface area contributed by atoms with E-state index in [1.165, 1.54) is 19.1 Å². The molecule has 8 nitrogen and oxygen atoms in total. The van der Waals surface area contributed by atoms with Crippen LogP contribution < -0.4 is 4.72 Å². The molecule has 0 aliphatic carbocycles.